The minimum atomic E-state index is -0.793. The first-order chi connectivity index (χ1) is 9.64. The van der Waals surface area contributed by atoms with Crippen LogP contribution in [-0.4, -0.2) is 5.78 Å². The zero-order chi connectivity index (χ0) is 14.2. The molecule has 20 heavy (non-hydrogen) atoms. The lowest BCUT2D eigenvalue weighted by Gasteiger charge is -2.29. The number of aryl methyl sites for hydroxylation is 1. The van der Waals surface area contributed by atoms with Gasteiger partial charge >= 0.3 is 0 Å². The van der Waals surface area contributed by atoms with Gasteiger partial charge in [0.1, 0.15) is 11.6 Å². The lowest BCUT2D eigenvalue weighted by molar-refractivity contribution is -0.121. The van der Waals surface area contributed by atoms with E-state index in [2.05, 4.69) is 0 Å². The molecule has 0 amide bonds. The highest BCUT2D eigenvalue weighted by Crippen LogP contribution is 2.44. The van der Waals surface area contributed by atoms with Crippen molar-refractivity contribution in [1.29, 1.82) is 0 Å². The molecule has 1 unspecified atom stereocenters. The Bertz CT molecular complexity index is 645. The molecule has 1 saturated carbocycles. The highest BCUT2D eigenvalue weighted by atomic mass is 19.1. The summed E-state index contributed by atoms with van der Waals surface area (Å²) in [5.41, 5.74) is 1.78. The van der Waals surface area contributed by atoms with Crippen LogP contribution in [0.2, 0.25) is 0 Å². The van der Waals surface area contributed by atoms with E-state index >= 15 is 0 Å². The minimum Gasteiger partial charge on any atom is -0.298 e. The van der Waals surface area contributed by atoms with E-state index in [1.54, 1.807) is 18.2 Å². The van der Waals surface area contributed by atoms with Crippen molar-refractivity contribution in [2.75, 3.05) is 0 Å². The van der Waals surface area contributed by atoms with Gasteiger partial charge < -0.3 is 0 Å². The van der Waals surface area contributed by atoms with Gasteiger partial charge in [0.05, 0.1) is 5.41 Å². The Hall–Kier alpha value is -1.96. The summed E-state index contributed by atoms with van der Waals surface area (Å²) in [6.45, 7) is 2.01. The Morgan fingerprint density at radius 2 is 1.75 bits per heavy atom. The Balaban J connectivity index is 2.23. The highest BCUT2D eigenvalue weighted by Gasteiger charge is 2.46. The Kier molecular flexibility index (Phi) is 3.17. The van der Waals surface area contributed by atoms with Crippen LogP contribution in [-0.2, 0) is 10.2 Å². The SMILES string of the molecule is Cc1ccc(C2(c3ccccc3F)CCCC2=O)cc1. The van der Waals surface area contributed by atoms with E-state index in [-0.39, 0.29) is 11.6 Å². The lowest BCUT2D eigenvalue weighted by atomic mass is 9.72. The molecular formula is C18H17FO. The molecular weight excluding hydrogens is 251 g/mol. The third-order valence-electron chi connectivity index (χ3n) is 4.31. The molecule has 1 aliphatic carbocycles. The second-order valence-electron chi connectivity index (χ2n) is 5.53. The van der Waals surface area contributed by atoms with Gasteiger partial charge in [-0.3, -0.25) is 4.79 Å². The first-order valence-electron chi connectivity index (χ1n) is 7.00. The van der Waals surface area contributed by atoms with Gasteiger partial charge in [-0.25, -0.2) is 4.39 Å². The van der Waals surface area contributed by atoms with E-state index in [1.807, 2.05) is 31.2 Å². The van der Waals surface area contributed by atoms with Crippen molar-refractivity contribution in [3.63, 3.8) is 0 Å². The molecule has 0 aromatic heterocycles. The predicted molar refractivity (Wildman–Crippen MR) is 77.2 cm³/mol. The predicted octanol–water partition coefficient (Wildman–Crippen LogP) is 4.17. The summed E-state index contributed by atoms with van der Waals surface area (Å²) < 4.78 is 14.3. The lowest BCUT2D eigenvalue weighted by Crippen LogP contribution is -2.33. The standard InChI is InChI=1S/C18H17FO/c1-13-8-10-14(11-9-13)18(12-4-7-17(18)20)15-5-2-3-6-16(15)19/h2-3,5-6,8-11H,4,7,12H2,1H3. The molecule has 1 fully saturated rings. The maximum atomic E-state index is 14.3. The van der Waals surface area contributed by atoms with Crippen LogP contribution < -0.4 is 0 Å². The van der Waals surface area contributed by atoms with Crippen molar-refractivity contribution < 1.29 is 9.18 Å². The molecule has 0 heterocycles. The summed E-state index contributed by atoms with van der Waals surface area (Å²) in [4.78, 5) is 12.6. The summed E-state index contributed by atoms with van der Waals surface area (Å²) in [6.07, 6.45) is 2.04. The van der Waals surface area contributed by atoms with E-state index in [0.29, 0.717) is 18.4 Å². The molecule has 0 saturated heterocycles. The normalized spacial score (nSPS) is 22.2. The minimum absolute atomic E-state index is 0.131. The number of carbonyl (C=O) groups is 1. The third kappa shape index (κ3) is 1.87. The van der Waals surface area contributed by atoms with E-state index < -0.39 is 5.41 Å². The second kappa shape index (κ2) is 4.86. The van der Waals surface area contributed by atoms with Crippen LogP contribution in [0, 0.1) is 12.7 Å². The third-order valence-corrected chi connectivity index (χ3v) is 4.31. The number of hydrogen-bond donors (Lipinski definition) is 0. The van der Waals surface area contributed by atoms with Crippen molar-refractivity contribution in [3.05, 3.63) is 71.0 Å². The van der Waals surface area contributed by atoms with Gasteiger partial charge in [-0.15, -0.1) is 0 Å². The van der Waals surface area contributed by atoms with E-state index in [1.165, 1.54) is 6.07 Å². The van der Waals surface area contributed by atoms with E-state index in [0.717, 1.165) is 17.5 Å². The number of halogens is 1. The van der Waals surface area contributed by atoms with Crippen LogP contribution in [0.4, 0.5) is 4.39 Å². The van der Waals surface area contributed by atoms with Crippen molar-refractivity contribution in [3.8, 4) is 0 Å². The molecule has 2 heteroatoms. The van der Waals surface area contributed by atoms with Gasteiger partial charge in [0.15, 0.2) is 0 Å². The van der Waals surface area contributed by atoms with Crippen LogP contribution in [0.5, 0.6) is 0 Å². The Morgan fingerprint density at radius 3 is 2.35 bits per heavy atom. The van der Waals surface area contributed by atoms with Crippen molar-refractivity contribution in [1.82, 2.24) is 0 Å². The highest BCUT2D eigenvalue weighted by molar-refractivity contribution is 5.95. The van der Waals surface area contributed by atoms with Gasteiger partial charge in [-0.2, -0.15) is 0 Å². The number of carbonyl (C=O) groups excluding carboxylic acids is 1. The molecule has 1 aliphatic rings. The average molecular weight is 268 g/mol. The van der Waals surface area contributed by atoms with E-state index in [9.17, 15) is 9.18 Å². The number of Topliss-reactive ketones (excluding diaryl/α,β-unsaturated/α-hetero) is 1. The number of hydrogen-bond acceptors (Lipinski definition) is 1. The molecule has 0 aliphatic heterocycles. The Labute approximate surface area is 118 Å². The molecule has 0 radical (unpaired) electrons. The zero-order valence-corrected chi connectivity index (χ0v) is 11.5. The summed E-state index contributed by atoms with van der Waals surface area (Å²) in [5, 5.41) is 0. The molecule has 0 N–H and O–H groups in total. The van der Waals surface area contributed by atoms with Gasteiger partial charge in [0.25, 0.3) is 0 Å². The van der Waals surface area contributed by atoms with Crippen LogP contribution in [0.3, 0.4) is 0 Å². The maximum Gasteiger partial charge on any atom is 0.147 e. The molecule has 3 rings (SSSR count). The van der Waals surface area contributed by atoms with Gasteiger partial charge in [-0.05, 0) is 31.4 Å². The molecule has 2 aromatic carbocycles. The maximum absolute atomic E-state index is 14.3. The fourth-order valence-corrected chi connectivity index (χ4v) is 3.26. The van der Waals surface area contributed by atoms with Gasteiger partial charge in [0, 0.05) is 12.0 Å². The van der Waals surface area contributed by atoms with Gasteiger partial charge in [0.2, 0.25) is 0 Å². The summed E-state index contributed by atoms with van der Waals surface area (Å²) in [6, 6.07) is 14.6. The first-order valence-corrected chi connectivity index (χ1v) is 7.00. The second-order valence-corrected chi connectivity index (χ2v) is 5.53. The smallest absolute Gasteiger partial charge is 0.147 e. The molecule has 1 atom stereocenters. The molecule has 0 spiro atoms. The number of ketones is 1. The van der Waals surface area contributed by atoms with Crippen LogP contribution in [0.15, 0.2) is 48.5 Å². The summed E-state index contributed by atoms with van der Waals surface area (Å²) in [7, 11) is 0. The first kappa shape index (κ1) is 13.0. The zero-order valence-electron chi connectivity index (χ0n) is 11.5. The fraction of sp³-hybridized carbons (Fsp3) is 0.278. The average Bonchev–Trinajstić information content (AvgIpc) is 2.83. The van der Waals surface area contributed by atoms with Crippen molar-refractivity contribution in [2.45, 2.75) is 31.6 Å². The number of benzene rings is 2. The molecule has 0 bridgehead atoms. The van der Waals surface area contributed by atoms with Crippen LogP contribution >= 0.6 is 0 Å². The van der Waals surface area contributed by atoms with Crippen molar-refractivity contribution in [2.24, 2.45) is 0 Å². The van der Waals surface area contributed by atoms with E-state index in [4.69, 9.17) is 0 Å². The summed E-state index contributed by atoms with van der Waals surface area (Å²) in [5.74, 6) is -0.158. The number of rotatable bonds is 2. The molecule has 102 valence electrons. The van der Waals surface area contributed by atoms with Gasteiger partial charge in [-0.1, -0.05) is 48.0 Å². The summed E-state index contributed by atoms with van der Waals surface area (Å²) >= 11 is 0. The Morgan fingerprint density at radius 1 is 1.05 bits per heavy atom. The quantitative estimate of drug-likeness (QED) is 0.798. The topological polar surface area (TPSA) is 17.1 Å². The monoisotopic (exact) mass is 268 g/mol. The van der Waals surface area contributed by atoms with Crippen LogP contribution in [0.25, 0.3) is 0 Å². The van der Waals surface area contributed by atoms with Crippen molar-refractivity contribution >= 4 is 5.78 Å². The molecule has 1 nitrogen and oxygen atoms in total. The largest absolute Gasteiger partial charge is 0.298 e. The molecule has 2 aromatic rings. The fourth-order valence-electron chi connectivity index (χ4n) is 3.26. The van der Waals surface area contributed by atoms with Crippen LogP contribution in [0.1, 0.15) is 36.0 Å².